The summed E-state index contributed by atoms with van der Waals surface area (Å²) >= 11 is 0. The van der Waals surface area contributed by atoms with Crippen LogP contribution in [0.1, 0.15) is 51.1 Å². The van der Waals surface area contributed by atoms with E-state index in [-0.39, 0.29) is 0 Å². The fraction of sp³-hybridized carbons (Fsp3) is 0.667. The molecule has 1 aromatic rings. The Kier molecular flexibility index (Phi) is 4.30. The standard InChI is InChI=1S/C18H27NO/c1-3-8-19-18(16-10-14-9-15(14)11-16)13-6-5-7-17(12-13)20-4-2/h5-7,12,14-16,18-19H,3-4,8-11H2,1-2H3. The van der Waals surface area contributed by atoms with Crippen LogP contribution in [0.5, 0.6) is 5.75 Å². The SMILES string of the molecule is CCCNC(c1cccc(OCC)c1)C1CC2CC2C1. The van der Waals surface area contributed by atoms with Crippen LogP contribution in [0, 0.1) is 17.8 Å². The van der Waals surface area contributed by atoms with Gasteiger partial charge in [0.1, 0.15) is 5.75 Å². The molecule has 3 unspecified atom stereocenters. The van der Waals surface area contributed by atoms with E-state index < -0.39 is 0 Å². The zero-order valence-electron chi connectivity index (χ0n) is 12.8. The summed E-state index contributed by atoms with van der Waals surface area (Å²) in [7, 11) is 0. The van der Waals surface area contributed by atoms with E-state index in [4.69, 9.17) is 4.74 Å². The average molecular weight is 273 g/mol. The molecule has 0 aromatic heterocycles. The minimum absolute atomic E-state index is 0.517. The highest BCUT2D eigenvalue weighted by Crippen LogP contribution is 2.57. The first-order chi connectivity index (χ1) is 9.81. The summed E-state index contributed by atoms with van der Waals surface area (Å²) in [5.41, 5.74) is 1.41. The Morgan fingerprint density at radius 1 is 1.20 bits per heavy atom. The first-order valence-corrected chi connectivity index (χ1v) is 8.28. The summed E-state index contributed by atoms with van der Waals surface area (Å²) in [6, 6.07) is 9.22. The molecule has 110 valence electrons. The second kappa shape index (κ2) is 6.17. The van der Waals surface area contributed by atoms with Crippen molar-refractivity contribution >= 4 is 0 Å². The van der Waals surface area contributed by atoms with Gasteiger partial charge < -0.3 is 10.1 Å². The van der Waals surface area contributed by atoms with Gasteiger partial charge in [0.2, 0.25) is 0 Å². The van der Waals surface area contributed by atoms with Crippen LogP contribution < -0.4 is 10.1 Å². The summed E-state index contributed by atoms with van der Waals surface area (Å²) in [4.78, 5) is 0. The molecule has 2 heteroatoms. The Bertz CT molecular complexity index is 435. The maximum Gasteiger partial charge on any atom is 0.119 e. The molecule has 0 heterocycles. The molecule has 3 rings (SSSR count). The third kappa shape index (κ3) is 3.01. The lowest BCUT2D eigenvalue weighted by molar-refractivity contribution is 0.329. The molecule has 0 bridgehead atoms. The van der Waals surface area contributed by atoms with Gasteiger partial charge >= 0.3 is 0 Å². The lowest BCUT2D eigenvalue weighted by Crippen LogP contribution is -2.28. The zero-order chi connectivity index (χ0) is 13.9. The highest BCUT2D eigenvalue weighted by Gasteiger charge is 2.47. The number of benzene rings is 1. The monoisotopic (exact) mass is 273 g/mol. The molecule has 1 aromatic carbocycles. The van der Waals surface area contributed by atoms with Crippen LogP contribution in [0.3, 0.4) is 0 Å². The van der Waals surface area contributed by atoms with Crippen LogP contribution in [0.15, 0.2) is 24.3 Å². The van der Waals surface area contributed by atoms with E-state index in [1.54, 1.807) is 0 Å². The summed E-state index contributed by atoms with van der Waals surface area (Å²) in [5.74, 6) is 3.92. The molecule has 0 saturated heterocycles. The van der Waals surface area contributed by atoms with E-state index in [0.717, 1.165) is 36.7 Å². The van der Waals surface area contributed by atoms with Crippen LogP contribution in [-0.2, 0) is 0 Å². The molecule has 3 atom stereocenters. The maximum atomic E-state index is 5.67. The Morgan fingerprint density at radius 3 is 2.70 bits per heavy atom. The number of ether oxygens (including phenoxy) is 1. The van der Waals surface area contributed by atoms with Gasteiger partial charge in [0.05, 0.1) is 6.61 Å². The number of hydrogen-bond acceptors (Lipinski definition) is 2. The highest BCUT2D eigenvalue weighted by molar-refractivity contribution is 5.31. The van der Waals surface area contributed by atoms with Crippen molar-refractivity contribution < 1.29 is 4.74 Å². The Balaban J connectivity index is 1.74. The van der Waals surface area contributed by atoms with Crippen LogP contribution in [0.2, 0.25) is 0 Å². The summed E-state index contributed by atoms with van der Waals surface area (Å²) in [6.45, 7) is 6.14. The molecule has 1 N–H and O–H groups in total. The van der Waals surface area contributed by atoms with Gasteiger partial charge in [-0.1, -0.05) is 19.1 Å². The molecule has 2 aliphatic rings. The van der Waals surface area contributed by atoms with Crippen molar-refractivity contribution in [3.05, 3.63) is 29.8 Å². The van der Waals surface area contributed by atoms with Crippen molar-refractivity contribution in [3.8, 4) is 5.75 Å². The van der Waals surface area contributed by atoms with E-state index in [2.05, 4.69) is 36.5 Å². The normalized spacial score (nSPS) is 29.0. The Morgan fingerprint density at radius 2 is 2.00 bits per heavy atom. The lowest BCUT2D eigenvalue weighted by atomic mass is 9.89. The van der Waals surface area contributed by atoms with Gasteiger partial charge in [-0.25, -0.2) is 0 Å². The predicted molar refractivity (Wildman–Crippen MR) is 83.0 cm³/mol. The van der Waals surface area contributed by atoms with Gasteiger partial charge in [-0.3, -0.25) is 0 Å². The minimum Gasteiger partial charge on any atom is -0.494 e. The molecule has 2 saturated carbocycles. The number of fused-ring (bicyclic) bond motifs is 1. The zero-order valence-corrected chi connectivity index (χ0v) is 12.8. The van der Waals surface area contributed by atoms with Gasteiger partial charge in [-0.2, -0.15) is 0 Å². The summed E-state index contributed by atoms with van der Waals surface area (Å²) in [6.07, 6.45) is 5.53. The smallest absolute Gasteiger partial charge is 0.119 e. The molecule has 0 amide bonds. The topological polar surface area (TPSA) is 21.3 Å². The van der Waals surface area contributed by atoms with Crippen LogP contribution >= 0.6 is 0 Å². The molecular weight excluding hydrogens is 246 g/mol. The fourth-order valence-electron chi connectivity index (χ4n) is 3.85. The predicted octanol–water partition coefficient (Wildman–Crippen LogP) is 4.17. The molecule has 20 heavy (non-hydrogen) atoms. The van der Waals surface area contributed by atoms with E-state index in [0.29, 0.717) is 6.04 Å². The van der Waals surface area contributed by atoms with E-state index >= 15 is 0 Å². The fourth-order valence-corrected chi connectivity index (χ4v) is 3.85. The number of hydrogen-bond donors (Lipinski definition) is 1. The second-order valence-corrected chi connectivity index (χ2v) is 6.42. The first kappa shape index (κ1) is 13.9. The quantitative estimate of drug-likeness (QED) is 0.805. The molecule has 2 fully saturated rings. The third-order valence-electron chi connectivity index (χ3n) is 4.89. The van der Waals surface area contributed by atoms with Gasteiger partial charge in [0.15, 0.2) is 0 Å². The summed E-state index contributed by atoms with van der Waals surface area (Å²) < 4.78 is 5.67. The van der Waals surface area contributed by atoms with Crippen LogP contribution in [0.25, 0.3) is 0 Å². The third-order valence-corrected chi connectivity index (χ3v) is 4.89. The van der Waals surface area contributed by atoms with Crippen molar-refractivity contribution in [1.29, 1.82) is 0 Å². The average Bonchev–Trinajstić information content (AvgIpc) is 3.07. The van der Waals surface area contributed by atoms with Gasteiger partial charge in [0, 0.05) is 6.04 Å². The van der Waals surface area contributed by atoms with Crippen molar-refractivity contribution in [3.63, 3.8) is 0 Å². The highest BCUT2D eigenvalue weighted by atomic mass is 16.5. The molecule has 2 nitrogen and oxygen atoms in total. The van der Waals surface area contributed by atoms with E-state index in [1.165, 1.54) is 31.2 Å². The van der Waals surface area contributed by atoms with Crippen molar-refractivity contribution in [2.24, 2.45) is 17.8 Å². The second-order valence-electron chi connectivity index (χ2n) is 6.42. The van der Waals surface area contributed by atoms with E-state index in [1.807, 2.05) is 6.92 Å². The minimum atomic E-state index is 0.517. The molecular formula is C18H27NO. The maximum absolute atomic E-state index is 5.67. The molecule has 0 radical (unpaired) electrons. The van der Waals surface area contributed by atoms with Gasteiger partial charge in [0.25, 0.3) is 0 Å². The van der Waals surface area contributed by atoms with E-state index in [9.17, 15) is 0 Å². The van der Waals surface area contributed by atoms with Crippen molar-refractivity contribution in [1.82, 2.24) is 5.32 Å². The van der Waals surface area contributed by atoms with Crippen LogP contribution in [0.4, 0.5) is 0 Å². The van der Waals surface area contributed by atoms with Gasteiger partial charge in [-0.05, 0) is 74.6 Å². The molecule has 0 spiro atoms. The number of nitrogens with one attached hydrogen (secondary N) is 1. The summed E-state index contributed by atoms with van der Waals surface area (Å²) in [5, 5.41) is 3.78. The molecule has 2 aliphatic carbocycles. The van der Waals surface area contributed by atoms with Gasteiger partial charge in [-0.15, -0.1) is 0 Å². The first-order valence-electron chi connectivity index (χ1n) is 8.28. The Labute approximate surface area is 122 Å². The van der Waals surface area contributed by atoms with Crippen molar-refractivity contribution in [2.45, 2.75) is 45.6 Å². The Hall–Kier alpha value is -1.02. The largest absolute Gasteiger partial charge is 0.494 e. The van der Waals surface area contributed by atoms with Crippen LogP contribution in [-0.4, -0.2) is 13.2 Å². The van der Waals surface area contributed by atoms with Crippen molar-refractivity contribution in [2.75, 3.05) is 13.2 Å². The molecule has 0 aliphatic heterocycles. The lowest BCUT2D eigenvalue weighted by Gasteiger charge is -2.27. The number of rotatable bonds is 7.